The molecule has 0 aliphatic carbocycles. The van der Waals surface area contributed by atoms with E-state index in [0.29, 0.717) is 12.8 Å². The number of carbonyl (C=O) groups excluding carboxylic acids is 1. The molecule has 0 aromatic heterocycles. The minimum atomic E-state index is -0.305. The van der Waals surface area contributed by atoms with Crippen LogP contribution < -0.4 is 4.74 Å². The van der Waals surface area contributed by atoms with E-state index in [1.807, 2.05) is 31.2 Å². The highest BCUT2D eigenvalue weighted by atomic mass is 16.5. The predicted molar refractivity (Wildman–Crippen MR) is 63.6 cm³/mol. The van der Waals surface area contributed by atoms with Gasteiger partial charge in [0.2, 0.25) is 0 Å². The molecule has 0 spiro atoms. The highest BCUT2D eigenvalue weighted by molar-refractivity contribution is 5.86. The van der Waals surface area contributed by atoms with Gasteiger partial charge < -0.3 is 4.74 Å². The van der Waals surface area contributed by atoms with Crippen molar-refractivity contribution in [3.63, 3.8) is 0 Å². The Labute approximate surface area is 95.9 Å². The second kappa shape index (κ2) is 4.52. The minimum Gasteiger partial charge on any atom is -0.482 e. The van der Waals surface area contributed by atoms with E-state index in [1.165, 1.54) is 0 Å². The summed E-state index contributed by atoms with van der Waals surface area (Å²) >= 11 is 0. The molecule has 2 heteroatoms. The summed E-state index contributed by atoms with van der Waals surface area (Å²) in [6, 6.07) is 7.82. The van der Waals surface area contributed by atoms with Crippen molar-refractivity contribution >= 4 is 5.78 Å². The van der Waals surface area contributed by atoms with E-state index < -0.39 is 0 Å². The number of Topliss-reactive ketones (excluding diaryl/α,β-unsaturated/α-hetero) is 1. The van der Waals surface area contributed by atoms with E-state index in [0.717, 1.165) is 23.3 Å². The van der Waals surface area contributed by atoms with Gasteiger partial charge >= 0.3 is 0 Å². The van der Waals surface area contributed by atoms with Crippen LogP contribution in [0.4, 0.5) is 0 Å². The first-order valence-corrected chi connectivity index (χ1v) is 5.64. The molecule has 1 heterocycles. The van der Waals surface area contributed by atoms with Crippen LogP contribution in [0.3, 0.4) is 0 Å². The molecule has 0 radical (unpaired) electrons. The van der Waals surface area contributed by atoms with E-state index in [1.54, 1.807) is 0 Å². The molecule has 2 rings (SSSR count). The van der Waals surface area contributed by atoms with Gasteiger partial charge in [-0.15, -0.1) is 0 Å². The second-order valence-electron chi connectivity index (χ2n) is 4.16. The SMILES string of the molecule is C=C(CC)CC(=O)C1Cc2ccccc2O1. The third-order valence-electron chi connectivity index (χ3n) is 2.93. The molecule has 1 aliphatic rings. The Hall–Kier alpha value is -1.57. The molecular weight excluding hydrogens is 200 g/mol. The van der Waals surface area contributed by atoms with Gasteiger partial charge in [0.05, 0.1) is 0 Å². The Balaban J connectivity index is 2.01. The van der Waals surface area contributed by atoms with E-state index >= 15 is 0 Å². The average Bonchev–Trinajstić information content (AvgIpc) is 2.72. The highest BCUT2D eigenvalue weighted by Crippen LogP contribution is 2.29. The number of rotatable bonds is 4. The summed E-state index contributed by atoms with van der Waals surface area (Å²) in [7, 11) is 0. The van der Waals surface area contributed by atoms with Gasteiger partial charge in [-0.3, -0.25) is 4.79 Å². The lowest BCUT2D eigenvalue weighted by atomic mass is 10.0. The molecule has 0 saturated carbocycles. The second-order valence-corrected chi connectivity index (χ2v) is 4.16. The van der Waals surface area contributed by atoms with Gasteiger partial charge in [-0.25, -0.2) is 0 Å². The van der Waals surface area contributed by atoms with Gasteiger partial charge in [0, 0.05) is 12.8 Å². The van der Waals surface area contributed by atoms with Crippen molar-refractivity contribution in [3.05, 3.63) is 42.0 Å². The molecule has 0 amide bonds. The van der Waals surface area contributed by atoms with E-state index in [2.05, 4.69) is 6.58 Å². The van der Waals surface area contributed by atoms with Crippen molar-refractivity contribution in [1.82, 2.24) is 0 Å². The lowest BCUT2D eigenvalue weighted by Crippen LogP contribution is -2.25. The number of ketones is 1. The number of carbonyl (C=O) groups is 1. The molecule has 1 atom stereocenters. The fraction of sp³-hybridized carbons (Fsp3) is 0.357. The maximum atomic E-state index is 11.9. The minimum absolute atomic E-state index is 0.142. The quantitative estimate of drug-likeness (QED) is 0.723. The Kier molecular flexibility index (Phi) is 3.09. The van der Waals surface area contributed by atoms with Crippen LogP contribution in [0.1, 0.15) is 25.3 Å². The molecule has 2 nitrogen and oxygen atoms in total. The van der Waals surface area contributed by atoms with Gasteiger partial charge in [-0.2, -0.15) is 0 Å². The predicted octanol–water partition coefficient (Wildman–Crippen LogP) is 2.92. The number of hydrogen-bond donors (Lipinski definition) is 0. The summed E-state index contributed by atoms with van der Waals surface area (Å²) in [5, 5.41) is 0. The molecule has 16 heavy (non-hydrogen) atoms. The molecule has 0 N–H and O–H groups in total. The van der Waals surface area contributed by atoms with E-state index in [-0.39, 0.29) is 11.9 Å². The first-order chi connectivity index (χ1) is 7.70. The number of fused-ring (bicyclic) bond motifs is 1. The summed E-state index contributed by atoms with van der Waals surface area (Å²) in [4.78, 5) is 11.9. The maximum Gasteiger partial charge on any atom is 0.177 e. The molecule has 1 aliphatic heterocycles. The van der Waals surface area contributed by atoms with Crippen LogP contribution in [0.15, 0.2) is 36.4 Å². The van der Waals surface area contributed by atoms with Gasteiger partial charge in [0.25, 0.3) is 0 Å². The number of para-hydroxylation sites is 1. The molecule has 1 aromatic rings. The summed E-state index contributed by atoms with van der Waals surface area (Å²) in [5.74, 6) is 0.992. The van der Waals surface area contributed by atoms with E-state index in [4.69, 9.17) is 4.74 Å². The van der Waals surface area contributed by atoms with Crippen molar-refractivity contribution < 1.29 is 9.53 Å². The number of allylic oxidation sites excluding steroid dienone is 1. The Morgan fingerprint density at radius 2 is 2.25 bits per heavy atom. The third kappa shape index (κ3) is 2.16. The van der Waals surface area contributed by atoms with Crippen molar-refractivity contribution in [1.29, 1.82) is 0 Å². The Bertz CT molecular complexity index is 395. The average molecular weight is 216 g/mol. The van der Waals surface area contributed by atoms with E-state index in [9.17, 15) is 4.79 Å². The first-order valence-electron chi connectivity index (χ1n) is 5.64. The maximum absolute atomic E-state index is 11.9. The zero-order chi connectivity index (χ0) is 11.5. The summed E-state index contributed by atoms with van der Waals surface area (Å²) in [6.45, 7) is 5.87. The topological polar surface area (TPSA) is 26.3 Å². The Morgan fingerprint density at radius 3 is 2.94 bits per heavy atom. The Morgan fingerprint density at radius 1 is 1.50 bits per heavy atom. The van der Waals surface area contributed by atoms with Crippen LogP contribution in [-0.4, -0.2) is 11.9 Å². The van der Waals surface area contributed by atoms with Crippen molar-refractivity contribution in [2.75, 3.05) is 0 Å². The number of ether oxygens (including phenoxy) is 1. The van der Waals surface area contributed by atoms with Crippen molar-refractivity contribution in [2.45, 2.75) is 32.3 Å². The fourth-order valence-electron chi connectivity index (χ4n) is 1.85. The van der Waals surface area contributed by atoms with Crippen LogP contribution in [0.5, 0.6) is 5.75 Å². The fourth-order valence-corrected chi connectivity index (χ4v) is 1.85. The van der Waals surface area contributed by atoms with Gasteiger partial charge in [0.15, 0.2) is 11.9 Å². The number of hydrogen-bond acceptors (Lipinski definition) is 2. The van der Waals surface area contributed by atoms with Crippen LogP contribution >= 0.6 is 0 Å². The zero-order valence-corrected chi connectivity index (χ0v) is 9.53. The standard InChI is InChI=1S/C14H16O2/c1-3-10(2)8-12(15)14-9-11-6-4-5-7-13(11)16-14/h4-7,14H,2-3,8-9H2,1H3. The molecule has 1 aromatic carbocycles. The lowest BCUT2D eigenvalue weighted by molar-refractivity contribution is -0.124. The van der Waals surface area contributed by atoms with Gasteiger partial charge in [-0.05, 0) is 18.1 Å². The molecule has 1 unspecified atom stereocenters. The van der Waals surface area contributed by atoms with Crippen molar-refractivity contribution in [2.24, 2.45) is 0 Å². The highest BCUT2D eigenvalue weighted by Gasteiger charge is 2.28. The monoisotopic (exact) mass is 216 g/mol. The lowest BCUT2D eigenvalue weighted by Gasteiger charge is -2.09. The van der Waals surface area contributed by atoms with Crippen LogP contribution in [0, 0.1) is 0 Å². The molecular formula is C14H16O2. The summed E-state index contributed by atoms with van der Waals surface area (Å²) in [6.07, 6.45) is 1.69. The van der Waals surface area contributed by atoms with Gasteiger partial charge in [0.1, 0.15) is 5.75 Å². The summed E-state index contributed by atoms with van der Waals surface area (Å²) in [5.41, 5.74) is 2.10. The zero-order valence-electron chi connectivity index (χ0n) is 9.53. The van der Waals surface area contributed by atoms with Crippen LogP contribution in [0.2, 0.25) is 0 Å². The molecule has 0 bridgehead atoms. The van der Waals surface area contributed by atoms with Crippen LogP contribution in [-0.2, 0) is 11.2 Å². The van der Waals surface area contributed by atoms with Crippen LogP contribution in [0.25, 0.3) is 0 Å². The molecule has 84 valence electrons. The molecule has 0 fully saturated rings. The normalized spacial score (nSPS) is 17.7. The smallest absolute Gasteiger partial charge is 0.177 e. The largest absolute Gasteiger partial charge is 0.482 e. The van der Waals surface area contributed by atoms with Crippen molar-refractivity contribution in [3.8, 4) is 5.75 Å². The molecule has 0 saturated heterocycles. The first kappa shape index (κ1) is 10.9. The third-order valence-corrected chi connectivity index (χ3v) is 2.93. The van der Waals surface area contributed by atoms with Gasteiger partial charge in [-0.1, -0.05) is 37.3 Å². The summed E-state index contributed by atoms with van der Waals surface area (Å²) < 4.78 is 5.62. The number of benzene rings is 1.